The quantitative estimate of drug-likeness (QED) is 0.367. The van der Waals surface area contributed by atoms with E-state index in [-0.39, 0.29) is 25.0 Å². The summed E-state index contributed by atoms with van der Waals surface area (Å²) in [5.74, 6) is 0.663. The lowest BCUT2D eigenvalue weighted by molar-refractivity contribution is -0.162. The second-order valence-electron chi connectivity index (χ2n) is 8.08. The van der Waals surface area contributed by atoms with Crippen molar-refractivity contribution in [3.63, 3.8) is 0 Å². The second kappa shape index (κ2) is 12.1. The lowest BCUT2D eigenvalue weighted by Crippen LogP contribution is -2.27. The first kappa shape index (κ1) is 24.4. The lowest BCUT2D eigenvalue weighted by atomic mass is 10.1. The van der Waals surface area contributed by atoms with Crippen molar-refractivity contribution in [2.45, 2.75) is 51.6 Å². The minimum absolute atomic E-state index is 0.0956. The van der Waals surface area contributed by atoms with Crippen molar-refractivity contribution in [1.29, 1.82) is 0 Å². The van der Waals surface area contributed by atoms with Crippen LogP contribution in [0.4, 0.5) is 5.82 Å². The summed E-state index contributed by atoms with van der Waals surface area (Å²) in [6, 6.07) is 14.8. The minimum atomic E-state index is -0.546. The lowest BCUT2D eigenvalue weighted by Gasteiger charge is -2.19. The molecule has 1 aliphatic rings. The number of carbonyl (C=O) groups excluding carboxylic acids is 1. The Morgan fingerprint density at radius 2 is 2.09 bits per heavy atom. The number of hydrogen-bond donors (Lipinski definition) is 1. The first-order valence-corrected chi connectivity index (χ1v) is 11.6. The van der Waals surface area contributed by atoms with E-state index in [0.717, 1.165) is 24.8 Å². The molecule has 4 rings (SSSR count). The average Bonchev–Trinajstić information content (AvgIpc) is 3.15. The number of nitrogens with zero attached hydrogens (tertiary/aromatic N) is 6. The van der Waals surface area contributed by atoms with Crippen molar-refractivity contribution in [2.75, 3.05) is 11.9 Å². The molecule has 0 aliphatic carbocycles. The Balaban J connectivity index is 1.37. The number of benzene rings is 1. The monoisotopic (exact) mass is 479 g/mol. The number of oxime groups is 1. The molecule has 2 unspecified atom stereocenters. The Hall–Kier alpha value is -3.70. The number of rotatable bonds is 9. The van der Waals surface area contributed by atoms with Gasteiger partial charge in [-0.25, -0.2) is 9.67 Å². The fraction of sp³-hybridized carbons (Fsp3) is 0.417. The largest absolute Gasteiger partial charge is 0.389 e. The van der Waals surface area contributed by atoms with Gasteiger partial charge in [0.15, 0.2) is 18.6 Å². The summed E-state index contributed by atoms with van der Waals surface area (Å²) in [5.41, 5.74) is 1.91. The van der Waals surface area contributed by atoms with Gasteiger partial charge < -0.3 is 19.6 Å². The molecule has 3 aromatic rings. The number of nitrogens with one attached hydrogen (secondary N) is 1. The van der Waals surface area contributed by atoms with E-state index in [2.05, 4.69) is 37.9 Å². The van der Waals surface area contributed by atoms with Gasteiger partial charge in [-0.05, 0) is 41.8 Å². The summed E-state index contributed by atoms with van der Waals surface area (Å²) in [6.45, 7) is 2.76. The smallest absolute Gasteiger partial charge is 0.230 e. The van der Waals surface area contributed by atoms with E-state index < -0.39 is 6.29 Å². The number of aromatic nitrogens is 5. The molecule has 0 spiro atoms. The highest BCUT2D eigenvalue weighted by Gasteiger charge is 2.22. The SMILES string of the molecule is CCC1CCCOC(CC(=O)Nc2cccc(CO/N=C(/c3ccccc3)c3nnnn3C)n2)O1. The third-order valence-corrected chi connectivity index (χ3v) is 5.45. The molecule has 2 atom stereocenters. The van der Waals surface area contributed by atoms with Gasteiger partial charge in [0.05, 0.1) is 18.2 Å². The molecule has 11 heteroatoms. The highest BCUT2D eigenvalue weighted by atomic mass is 16.7. The number of aryl methyl sites for hydroxylation is 1. The average molecular weight is 480 g/mol. The number of ether oxygens (including phenoxy) is 2. The predicted molar refractivity (Wildman–Crippen MR) is 127 cm³/mol. The second-order valence-corrected chi connectivity index (χ2v) is 8.08. The molecule has 2 aromatic heterocycles. The fourth-order valence-electron chi connectivity index (χ4n) is 3.64. The highest BCUT2D eigenvalue weighted by Crippen LogP contribution is 2.18. The van der Waals surface area contributed by atoms with E-state index in [1.54, 1.807) is 25.2 Å². The zero-order chi connectivity index (χ0) is 24.5. The summed E-state index contributed by atoms with van der Waals surface area (Å²) in [4.78, 5) is 22.6. The molecule has 184 valence electrons. The van der Waals surface area contributed by atoms with Gasteiger partial charge >= 0.3 is 0 Å². The Morgan fingerprint density at radius 1 is 1.23 bits per heavy atom. The Labute approximate surface area is 203 Å². The first-order chi connectivity index (χ1) is 17.1. The van der Waals surface area contributed by atoms with Crippen molar-refractivity contribution in [3.05, 3.63) is 65.6 Å². The molecule has 3 heterocycles. The van der Waals surface area contributed by atoms with Crippen LogP contribution in [0.25, 0.3) is 0 Å². The normalized spacial score (nSPS) is 18.6. The highest BCUT2D eigenvalue weighted by molar-refractivity contribution is 6.10. The van der Waals surface area contributed by atoms with E-state index in [1.165, 1.54) is 4.68 Å². The summed E-state index contributed by atoms with van der Waals surface area (Å²) in [6.07, 6.45) is 2.45. The van der Waals surface area contributed by atoms with Crippen molar-refractivity contribution in [2.24, 2.45) is 12.2 Å². The number of hydrogen-bond acceptors (Lipinski definition) is 9. The summed E-state index contributed by atoms with van der Waals surface area (Å²) < 4.78 is 13.1. The maximum absolute atomic E-state index is 12.5. The van der Waals surface area contributed by atoms with Gasteiger partial charge in [0, 0.05) is 19.2 Å². The number of carbonyl (C=O) groups is 1. The van der Waals surface area contributed by atoms with Gasteiger partial charge in [-0.1, -0.05) is 48.5 Å². The van der Waals surface area contributed by atoms with Gasteiger partial charge in [0.25, 0.3) is 0 Å². The van der Waals surface area contributed by atoms with Gasteiger partial charge in [-0.3, -0.25) is 4.79 Å². The van der Waals surface area contributed by atoms with Crippen LogP contribution >= 0.6 is 0 Å². The maximum Gasteiger partial charge on any atom is 0.230 e. The summed E-state index contributed by atoms with van der Waals surface area (Å²) >= 11 is 0. The van der Waals surface area contributed by atoms with E-state index in [0.29, 0.717) is 29.7 Å². The molecule has 11 nitrogen and oxygen atoms in total. The minimum Gasteiger partial charge on any atom is -0.389 e. The van der Waals surface area contributed by atoms with Crippen LogP contribution < -0.4 is 5.32 Å². The number of tetrazole rings is 1. The number of pyridine rings is 1. The van der Waals surface area contributed by atoms with Crippen LogP contribution in [0.1, 0.15) is 49.7 Å². The molecule has 0 radical (unpaired) electrons. The first-order valence-electron chi connectivity index (χ1n) is 11.6. The van der Waals surface area contributed by atoms with Gasteiger partial charge in [0.1, 0.15) is 5.82 Å². The fourth-order valence-corrected chi connectivity index (χ4v) is 3.64. The van der Waals surface area contributed by atoms with Gasteiger partial charge in [0.2, 0.25) is 11.7 Å². The third-order valence-electron chi connectivity index (χ3n) is 5.45. The zero-order valence-corrected chi connectivity index (χ0v) is 19.8. The molecule has 1 aromatic carbocycles. The third kappa shape index (κ3) is 6.90. The van der Waals surface area contributed by atoms with Crippen LogP contribution in [-0.2, 0) is 32.8 Å². The molecule has 1 aliphatic heterocycles. The van der Waals surface area contributed by atoms with E-state index in [4.69, 9.17) is 14.3 Å². The Kier molecular flexibility index (Phi) is 8.47. The molecule has 1 fully saturated rings. The molecular weight excluding hydrogens is 450 g/mol. The topological polar surface area (TPSA) is 126 Å². The van der Waals surface area contributed by atoms with E-state index >= 15 is 0 Å². The molecular formula is C24H29N7O4. The Bertz CT molecular complexity index is 1140. The molecule has 0 saturated carbocycles. The summed E-state index contributed by atoms with van der Waals surface area (Å²) in [7, 11) is 1.73. The predicted octanol–water partition coefficient (Wildman–Crippen LogP) is 2.83. The number of anilines is 1. The molecule has 1 N–H and O–H groups in total. The Morgan fingerprint density at radius 3 is 2.86 bits per heavy atom. The van der Waals surface area contributed by atoms with Crippen LogP contribution in [0.5, 0.6) is 0 Å². The maximum atomic E-state index is 12.5. The zero-order valence-electron chi connectivity index (χ0n) is 19.8. The van der Waals surface area contributed by atoms with Crippen LogP contribution in [0.15, 0.2) is 53.7 Å². The van der Waals surface area contributed by atoms with Crippen molar-refractivity contribution in [3.8, 4) is 0 Å². The van der Waals surface area contributed by atoms with Crippen LogP contribution in [0.3, 0.4) is 0 Å². The van der Waals surface area contributed by atoms with Crippen molar-refractivity contribution < 1.29 is 19.1 Å². The van der Waals surface area contributed by atoms with Gasteiger partial charge in [-0.2, -0.15) is 0 Å². The molecule has 1 amide bonds. The van der Waals surface area contributed by atoms with Crippen LogP contribution in [0, 0.1) is 0 Å². The van der Waals surface area contributed by atoms with Crippen LogP contribution in [-0.4, -0.2) is 55.8 Å². The molecule has 1 saturated heterocycles. The molecule has 35 heavy (non-hydrogen) atoms. The van der Waals surface area contributed by atoms with Crippen LogP contribution in [0.2, 0.25) is 0 Å². The van der Waals surface area contributed by atoms with Crippen molar-refractivity contribution in [1.82, 2.24) is 25.2 Å². The van der Waals surface area contributed by atoms with Crippen molar-refractivity contribution >= 4 is 17.4 Å². The number of amides is 1. The van der Waals surface area contributed by atoms with E-state index in [1.807, 2.05) is 30.3 Å². The van der Waals surface area contributed by atoms with E-state index in [9.17, 15) is 4.79 Å². The summed E-state index contributed by atoms with van der Waals surface area (Å²) in [5, 5.41) is 18.7. The molecule has 0 bridgehead atoms. The van der Waals surface area contributed by atoms with Gasteiger partial charge in [-0.15, -0.1) is 5.10 Å². The standard InChI is InChI=1S/C24H29N7O4/c1-3-19-12-8-14-33-22(35-19)15-21(32)26-20-13-7-11-18(25-20)16-34-28-23(17-9-5-4-6-10-17)24-27-29-30-31(24)2/h4-7,9-11,13,19,22H,3,8,12,14-16H2,1-2H3,(H,25,26,32)/b28-23-.